The second-order valence-corrected chi connectivity index (χ2v) is 4.58. The predicted octanol–water partition coefficient (Wildman–Crippen LogP) is 1.32. The zero-order chi connectivity index (χ0) is 14.8. The van der Waals surface area contributed by atoms with Gasteiger partial charge >= 0.3 is 0 Å². The van der Waals surface area contributed by atoms with Gasteiger partial charge in [0.15, 0.2) is 0 Å². The lowest BCUT2D eigenvalue weighted by Crippen LogP contribution is -2.34. The number of aliphatic hydroxyl groups excluding tert-OH is 1. The molecule has 1 aromatic carbocycles. The maximum absolute atomic E-state index is 10.3. The lowest BCUT2D eigenvalue weighted by molar-refractivity contribution is 0.0696. The molecular formula is C15H25NO4. The van der Waals surface area contributed by atoms with Crippen molar-refractivity contribution in [2.75, 3.05) is 54.2 Å². The average Bonchev–Trinajstić information content (AvgIpc) is 2.49. The molecule has 0 radical (unpaired) electrons. The Morgan fingerprint density at radius 2 is 1.75 bits per heavy atom. The number of ether oxygens (including phenoxy) is 3. The summed E-state index contributed by atoms with van der Waals surface area (Å²) in [5, 5.41) is 10.3. The molecule has 114 valence electrons. The summed E-state index contributed by atoms with van der Waals surface area (Å²) in [5.74, 6) is 0.752. The van der Waals surface area contributed by atoms with E-state index in [2.05, 4.69) is 4.90 Å². The number of benzene rings is 1. The number of rotatable bonds is 10. The van der Waals surface area contributed by atoms with Crippen LogP contribution in [0.25, 0.3) is 0 Å². The van der Waals surface area contributed by atoms with E-state index in [1.54, 1.807) is 21.3 Å². The van der Waals surface area contributed by atoms with Gasteiger partial charge in [0.05, 0.1) is 26.4 Å². The third kappa shape index (κ3) is 5.88. The lowest BCUT2D eigenvalue weighted by atomic mass is 10.1. The first-order valence-corrected chi connectivity index (χ1v) is 6.73. The zero-order valence-corrected chi connectivity index (χ0v) is 12.5. The van der Waals surface area contributed by atoms with Crippen molar-refractivity contribution in [3.63, 3.8) is 0 Å². The van der Waals surface area contributed by atoms with E-state index >= 15 is 0 Å². The van der Waals surface area contributed by atoms with E-state index in [1.165, 1.54) is 0 Å². The standard InChI is InChI=1S/C15H25NO4/c1-18-9-7-16(8-10-19-2)12-15(17)13-5-4-6-14(11-13)20-3/h4-6,11,15,17H,7-10,12H2,1-3H3. The fourth-order valence-corrected chi connectivity index (χ4v) is 1.93. The molecule has 5 nitrogen and oxygen atoms in total. The Morgan fingerprint density at radius 3 is 2.30 bits per heavy atom. The van der Waals surface area contributed by atoms with Crippen LogP contribution < -0.4 is 4.74 Å². The molecule has 0 amide bonds. The topological polar surface area (TPSA) is 51.2 Å². The number of hydrogen-bond acceptors (Lipinski definition) is 5. The van der Waals surface area contributed by atoms with Gasteiger partial charge in [-0.3, -0.25) is 4.90 Å². The van der Waals surface area contributed by atoms with Gasteiger partial charge in [-0.1, -0.05) is 12.1 Å². The normalized spacial score (nSPS) is 12.7. The Hall–Kier alpha value is -1.14. The molecule has 0 saturated carbocycles. The summed E-state index contributed by atoms with van der Waals surface area (Å²) in [6.45, 7) is 3.34. The van der Waals surface area contributed by atoms with Crippen LogP contribution in [0, 0.1) is 0 Å². The fraction of sp³-hybridized carbons (Fsp3) is 0.600. The molecule has 1 aromatic rings. The minimum atomic E-state index is -0.557. The van der Waals surface area contributed by atoms with Crippen LogP contribution in [0.3, 0.4) is 0 Å². The van der Waals surface area contributed by atoms with Crippen molar-refractivity contribution in [3.05, 3.63) is 29.8 Å². The van der Waals surface area contributed by atoms with Gasteiger partial charge in [-0.2, -0.15) is 0 Å². The Balaban J connectivity index is 2.60. The highest BCUT2D eigenvalue weighted by Crippen LogP contribution is 2.19. The second kappa shape index (κ2) is 9.72. The molecule has 1 atom stereocenters. The summed E-state index contributed by atoms with van der Waals surface area (Å²) in [6.07, 6.45) is -0.557. The van der Waals surface area contributed by atoms with Crippen molar-refractivity contribution in [2.45, 2.75) is 6.10 Å². The summed E-state index contributed by atoms with van der Waals surface area (Å²) < 4.78 is 15.4. The number of methoxy groups -OCH3 is 3. The Bertz CT molecular complexity index is 365. The maximum atomic E-state index is 10.3. The van der Waals surface area contributed by atoms with E-state index in [9.17, 15) is 5.11 Å². The highest BCUT2D eigenvalue weighted by atomic mass is 16.5. The lowest BCUT2D eigenvalue weighted by Gasteiger charge is -2.24. The van der Waals surface area contributed by atoms with E-state index in [-0.39, 0.29) is 0 Å². The molecule has 1 rings (SSSR count). The van der Waals surface area contributed by atoms with E-state index in [1.807, 2.05) is 24.3 Å². The third-order valence-corrected chi connectivity index (χ3v) is 3.13. The first kappa shape index (κ1) is 16.9. The number of aliphatic hydroxyl groups is 1. The summed E-state index contributed by atoms with van der Waals surface area (Å²) in [5.41, 5.74) is 0.851. The molecule has 0 aliphatic rings. The summed E-state index contributed by atoms with van der Waals surface area (Å²) >= 11 is 0. The first-order valence-electron chi connectivity index (χ1n) is 6.73. The van der Waals surface area contributed by atoms with Gasteiger partial charge < -0.3 is 19.3 Å². The molecule has 1 unspecified atom stereocenters. The molecule has 1 N–H and O–H groups in total. The van der Waals surface area contributed by atoms with Crippen LogP contribution in [0.15, 0.2) is 24.3 Å². The number of nitrogens with zero attached hydrogens (tertiary/aromatic N) is 1. The molecule has 0 bridgehead atoms. The first-order chi connectivity index (χ1) is 9.71. The second-order valence-electron chi connectivity index (χ2n) is 4.58. The zero-order valence-electron chi connectivity index (χ0n) is 12.5. The average molecular weight is 283 g/mol. The van der Waals surface area contributed by atoms with Crippen molar-refractivity contribution >= 4 is 0 Å². The molecule has 20 heavy (non-hydrogen) atoms. The van der Waals surface area contributed by atoms with Gasteiger partial charge in [-0.25, -0.2) is 0 Å². The monoisotopic (exact) mass is 283 g/mol. The van der Waals surface area contributed by atoms with Crippen LogP contribution in [0.4, 0.5) is 0 Å². The highest BCUT2D eigenvalue weighted by Gasteiger charge is 2.14. The van der Waals surface area contributed by atoms with Crippen LogP contribution in [-0.2, 0) is 9.47 Å². The van der Waals surface area contributed by atoms with Gasteiger partial charge in [-0.15, -0.1) is 0 Å². The highest BCUT2D eigenvalue weighted by molar-refractivity contribution is 5.29. The molecule has 0 fully saturated rings. The van der Waals surface area contributed by atoms with Crippen molar-refractivity contribution in [3.8, 4) is 5.75 Å². The van der Waals surface area contributed by atoms with Gasteiger partial charge in [-0.05, 0) is 17.7 Å². The van der Waals surface area contributed by atoms with Crippen LogP contribution in [0.2, 0.25) is 0 Å². The van der Waals surface area contributed by atoms with Crippen LogP contribution >= 0.6 is 0 Å². The minimum Gasteiger partial charge on any atom is -0.497 e. The van der Waals surface area contributed by atoms with Crippen molar-refractivity contribution in [2.24, 2.45) is 0 Å². The quantitative estimate of drug-likeness (QED) is 0.702. The Kier molecular flexibility index (Phi) is 8.22. The smallest absolute Gasteiger partial charge is 0.119 e. The molecule has 0 heterocycles. The van der Waals surface area contributed by atoms with Crippen LogP contribution in [0.1, 0.15) is 11.7 Å². The largest absolute Gasteiger partial charge is 0.497 e. The molecule has 0 aliphatic carbocycles. The molecule has 0 saturated heterocycles. The predicted molar refractivity (Wildman–Crippen MR) is 78.1 cm³/mol. The Labute approximate surface area is 121 Å². The van der Waals surface area contributed by atoms with Gasteiger partial charge in [0.25, 0.3) is 0 Å². The third-order valence-electron chi connectivity index (χ3n) is 3.13. The van der Waals surface area contributed by atoms with Gasteiger partial charge in [0.2, 0.25) is 0 Å². The maximum Gasteiger partial charge on any atom is 0.119 e. The van der Waals surface area contributed by atoms with E-state index in [0.29, 0.717) is 19.8 Å². The molecule has 0 spiro atoms. The van der Waals surface area contributed by atoms with Gasteiger partial charge in [0, 0.05) is 33.9 Å². The molecule has 0 aliphatic heterocycles. The fourth-order valence-electron chi connectivity index (χ4n) is 1.93. The molecular weight excluding hydrogens is 258 g/mol. The van der Waals surface area contributed by atoms with Crippen molar-refractivity contribution in [1.29, 1.82) is 0 Å². The van der Waals surface area contributed by atoms with Crippen LogP contribution in [-0.4, -0.2) is 64.2 Å². The molecule has 5 heteroatoms. The minimum absolute atomic E-state index is 0.542. The van der Waals surface area contributed by atoms with Gasteiger partial charge in [0.1, 0.15) is 5.75 Å². The molecule has 0 aromatic heterocycles. The number of hydrogen-bond donors (Lipinski definition) is 1. The Morgan fingerprint density at radius 1 is 1.10 bits per heavy atom. The summed E-state index contributed by atoms with van der Waals surface area (Å²) in [6, 6.07) is 7.50. The summed E-state index contributed by atoms with van der Waals surface area (Å²) in [4.78, 5) is 2.12. The van der Waals surface area contributed by atoms with E-state index in [4.69, 9.17) is 14.2 Å². The van der Waals surface area contributed by atoms with Crippen molar-refractivity contribution < 1.29 is 19.3 Å². The van der Waals surface area contributed by atoms with E-state index in [0.717, 1.165) is 24.4 Å². The van der Waals surface area contributed by atoms with Crippen molar-refractivity contribution in [1.82, 2.24) is 4.90 Å². The SMILES string of the molecule is COCCN(CCOC)CC(O)c1cccc(OC)c1. The van der Waals surface area contributed by atoms with E-state index < -0.39 is 6.10 Å². The summed E-state index contributed by atoms with van der Waals surface area (Å²) in [7, 11) is 4.97. The van der Waals surface area contributed by atoms with Crippen LogP contribution in [0.5, 0.6) is 5.75 Å².